The lowest BCUT2D eigenvalue weighted by molar-refractivity contribution is 0.0943. The Labute approximate surface area is 219 Å². The molecule has 1 amide bonds. The maximum Gasteiger partial charge on any atom is 0.269 e. The van der Waals surface area contributed by atoms with Gasteiger partial charge in [-0.3, -0.25) is 14.7 Å². The SMILES string of the molecule is Cl.Cl.Cl.O=C(NCCN1CCN(c2ccccc2OCc2ccccc2)CC1)c1ccccn1. The fourth-order valence-corrected chi connectivity index (χ4v) is 3.70. The summed E-state index contributed by atoms with van der Waals surface area (Å²) < 4.78 is 6.13. The molecule has 184 valence electrons. The number of para-hydroxylation sites is 2. The minimum atomic E-state index is -0.122. The Kier molecular flexibility index (Phi) is 13.4. The van der Waals surface area contributed by atoms with E-state index < -0.39 is 0 Å². The summed E-state index contributed by atoms with van der Waals surface area (Å²) in [5.41, 5.74) is 2.76. The number of halogens is 3. The van der Waals surface area contributed by atoms with Crippen LogP contribution in [0.5, 0.6) is 5.75 Å². The Balaban J connectivity index is 0.00000193. The van der Waals surface area contributed by atoms with Crippen molar-refractivity contribution in [2.24, 2.45) is 0 Å². The first-order valence-electron chi connectivity index (χ1n) is 10.7. The number of carbonyl (C=O) groups is 1. The van der Waals surface area contributed by atoms with Gasteiger partial charge in [-0.25, -0.2) is 0 Å². The normalized spacial score (nSPS) is 13.0. The lowest BCUT2D eigenvalue weighted by Gasteiger charge is -2.36. The van der Waals surface area contributed by atoms with Crippen molar-refractivity contribution >= 4 is 48.8 Å². The number of hydrogen-bond acceptors (Lipinski definition) is 5. The average Bonchev–Trinajstić information content (AvgIpc) is 2.84. The maximum atomic E-state index is 12.1. The Morgan fingerprint density at radius 2 is 1.53 bits per heavy atom. The van der Waals surface area contributed by atoms with Crippen molar-refractivity contribution in [3.8, 4) is 5.75 Å². The molecule has 2 aromatic carbocycles. The summed E-state index contributed by atoms with van der Waals surface area (Å²) in [5.74, 6) is 0.797. The number of benzene rings is 2. The number of anilines is 1. The zero-order chi connectivity index (χ0) is 21.3. The molecular weight excluding hydrogens is 495 g/mol. The summed E-state index contributed by atoms with van der Waals surface area (Å²) in [6.07, 6.45) is 1.63. The van der Waals surface area contributed by atoms with Crippen LogP contribution < -0.4 is 15.0 Å². The van der Waals surface area contributed by atoms with Gasteiger partial charge in [-0.05, 0) is 29.8 Å². The fraction of sp³-hybridized carbons (Fsp3) is 0.280. The van der Waals surface area contributed by atoms with Crippen molar-refractivity contribution in [1.29, 1.82) is 0 Å². The van der Waals surface area contributed by atoms with E-state index in [1.807, 2.05) is 36.4 Å². The summed E-state index contributed by atoms with van der Waals surface area (Å²) in [6, 6.07) is 23.8. The van der Waals surface area contributed by atoms with E-state index in [2.05, 4.69) is 44.4 Å². The molecule has 0 radical (unpaired) electrons. The van der Waals surface area contributed by atoms with Gasteiger partial charge in [-0.15, -0.1) is 37.2 Å². The molecule has 2 heterocycles. The third kappa shape index (κ3) is 8.37. The quantitative estimate of drug-likeness (QED) is 0.470. The second-order valence-corrected chi connectivity index (χ2v) is 7.54. The third-order valence-electron chi connectivity index (χ3n) is 5.43. The first kappa shape index (κ1) is 29.5. The average molecular weight is 526 g/mol. The Morgan fingerprint density at radius 1 is 0.853 bits per heavy atom. The van der Waals surface area contributed by atoms with Crippen LogP contribution in [0.1, 0.15) is 16.1 Å². The minimum absolute atomic E-state index is 0. The highest BCUT2D eigenvalue weighted by atomic mass is 35.5. The summed E-state index contributed by atoms with van der Waals surface area (Å²) >= 11 is 0. The van der Waals surface area contributed by atoms with Crippen LogP contribution in [0.25, 0.3) is 0 Å². The van der Waals surface area contributed by atoms with Crippen LogP contribution in [0.15, 0.2) is 79.0 Å². The molecule has 1 saturated heterocycles. The van der Waals surface area contributed by atoms with E-state index in [0.717, 1.165) is 49.7 Å². The molecule has 9 heteroatoms. The number of nitrogens with zero attached hydrogens (tertiary/aromatic N) is 3. The first-order valence-corrected chi connectivity index (χ1v) is 10.7. The molecule has 1 fully saturated rings. The number of aromatic nitrogens is 1. The van der Waals surface area contributed by atoms with Gasteiger partial charge in [-0.1, -0.05) is 48.5 Å². The monoisotopic (exact) mass is 524 g/mol. The van der Waals surface area contributed by atoms with Crippen molar-refractivity contribution in [1.82, 2.24) is 15.2 Å². The van der Waals surface area contributed by atoms with E-state index >= 15 is 0 Å². The van der Waals surface area contributed by atoms with Crippen molar-refractivity contribution in [3.63, 3.8) is 0 Å². The highest BCUT2D eigenvalue weighted by molar-refractivity contribution is 5.92. The van der Waals surface area contributed by atoms with Crippen molar-refractivity contribution in [3.05, 3.63) is 90.3 Å². The van der Waals surface area contributed by atoms with Crippen LogP contribution in [-0.2, 0) is 6.61 Å². The van der Waals surface area contributed by atoms with Gasteiger partial charge in [0, 0.05) is 45.5 Å². The molecule has 0 atom stereocenters. The van der Waals surface area contributed by atoms with Gasteiger partial charge in [0.1, 0.15) is 18.1 Å². The molecule has 1 N–H and O–H groups in total. The number of nitrogens with one attached hydrogen (secondary N) is 1. The van der Waals surface area contributed by atoms with Gasteiger partial charge in [0.25, 0.3) is 5.91 Å². The molecule has 1 aromatic heterocycles. The second-order valence-electron chi connectivity index (χ2n) is 7.54. The van der Waals surface area contributed by atoms with Crippen LogP contribution >= 0.6 is 37.2 Å². The summed E-state index contributed by atoms with van der Waals surface area (Å²) in [6.45, 7) is 5.78. The number of ether oxygens (including phenoxy) is 1. The van der Waals surface area contributed by atoms with Crippen LogP contribution in [0.3, 0.4) is 0 Å². The molecule has 34 heavy (non-hydrogen) atoms. The van der Waals surface area contributed by atoms with E-state index in [-0.39, 0.29) is 43.1 Å². The second kappa shape index (κ2) is 15.4. The number of piperazine rings is 1. The molecule has 6 nitrogen and oxygen atoms in total. The summed E-state index contributed by atoms with van der Waals surface area (Å²) in [5, 5.41) is 2.95. The zero-order valence-electron chi connectivity index (χ0n) is 18.8. The van der Waals surface area contributed by atoms with Crippen molar-refractivity contribution in [2.75, 3.05) is 44.2 Å². The minimum Gasteiger partial charge on any atom is -0.487 e. The predicted octanol–water partition coefficient (Wildman–Crippen LogP) is 4.48. The molecular formula is C25H31Cl3N4O2. The van der Waals surface area contributed by atoms with E-state index in [1.54, 1.807) is 18.3 Å². The molecule has 0 bridgehead atoms. The fourth-order valence-electron chi connectivity index (χ4n) is 3.70. The molecule has 0 aliphatic carbocycles. The van der Waals surface area contributed by atoms with Gasteiger partial charge < -0.3 is 15.0 Å². The number of hydrogen-bond donors (Lipinski definition) is 1. The largest absolute Gasteiger partial charge is 0.487 e. The third-order valence-corrected chi connectivity index (χ3v) is 5.43. The van der Waals surface area contributed by atoms with Crippen LogP contribution in [0, 0.1) is 0 Å². The maximum absolute atomic E-state index is 12.1. The number of carbonyl (C=O) groups excluding carboxylic acids is 1. The standard InChI is InChI=1S/C25H28N4O2.3ClH/c30-25(22-10-6-7-13-26-22)27-14-15-28-16-18-29(19-17-28)23-11-4-5-12-24(23)31-20-21-8-2-1-3-9-21;;;/h1-13H,14-20H2,(H,27,30);3*1H. The molecule has 1 aliphatic heterocycles. The zero-order valence-corrected chi connectivity index (χ0v) is 21.3. The van der Waals surface area contributed by atoms with Gasteiger partial charge in [0.05, 0.1) is 5.69 Å². The van der Waals surface area contributed by atoms with Gasteiger partial charge >= 0.3 is 0 Å². The van der Waals surface area contributed by atoms with Gasteiger partial charge in [-0.2, -0.15) is 0 Å². The van der Waals surface area contributed by atoms with E-state index in [1.165, 1.54) is 0 Å². The predicted molar refractivity (Wildman–Crippen MR) is 144 cm³/mol. The highest BCUT2D eigenvalue weighted by Gasteiger charge is 2.19. The summed E-state index contributed by atoms with van der Waals surface area (Å²) in [4.78, 5) is 21.0. The molecule has 0 spiro atoms. The molecule has 3 aromatic rings. The topological polar surface area (TPSA) is 57.7 Å². The number of rotatable bonds is 8. The van der Waals surface area contributed by atoms with Crippen molar-refractivity contribution in [2.45, 2.75) is 6.61 Å². The smallest absolute Gasteiger partial charge is 0.269 e. The van der Waals surface area contributed by atoms with Gasteiger partial charge in [0.2, 0.25) is 0 Å². The van der Waals surface area contributed by atoms with Gasteiger partial charge in [0.15, 0.2) is 0 Å². The lowest BCUT2D eigenvalue weighted by atomic mass is 10.2. The Hall–Kier alpha value is -2.51. The van der Waals surface area contributed by atoms with Crippen LogP contribution in [0.2, 0.25) is 0 Å². The molecule has 1 aliphatic rings. The van der Waals surface area contributed by atoms with Crippen LogP contribution in [0.4, 0.5) is 5.69 Å². The van der Waals surface area contributed by atoms with Crippen molar-refractivity contribution < 1.29 is 9.53 Å². The Bertz CT molecular complexity index is 972. The van der Waals surface area contributed by atoms with E-state index in [4.69, 9.17) is 4.74 Å². The lowest BCUT2D eigenvalue weighted by Crippen LogP contribution is -2.48. The summed E-state index contributed by atoms with van der Waals surface area (Å²) in [7, 11) is 0. The Morgan fingerprint density at radius 3 is 2.24 bits per heavy atom. The highest BCUT2D eigenvalue weighted by Crippen LogP contribution is 2.29. The number of pyridine rings is 1. The van der Waals surface area contributed by atoms with E-state index in [9.17, 15) is 4.79 Å². The molecule has 0 saturated carbocycles. The van der Waals surface area contributed by atoms with Crippen LogP contribution in [-0.4, -0.2) is 55.1 Å². The van der Waals surface area contributed by atoms with E-state index in [0.29, 0.717) is 18.8 Å². The molecule has 4 rings (SSSR count). The first-order chi connectivity index (χ1) is 15.3. The number of amides is 1. The molecule has 0 unspecified atom stereocenters.